The van der Waals surface area contributed by atoms with Crippen molar-refractivity contribution in [1.29, 1.82) is 0 Å². The minimum Gasteiger partial charge on any atom is -0.292 e. The van der Waals surface area contributed by atoms with Crippen molar-refractivity contribution in [1.82, 2.24) is 0 Å². The van der Waals surface area contributed by atoms with Gasteiger partial charge in [0.1, 0.15) is 5.82 Å². The van der Waals surface area contributed by atoms with Crippen LogP contribution in [0.25, 0.3) is 10.4 Å². The third kappa shape index (κ3) is 1.57. The van der Waals surface area contributed by atoms with Gasteiger partial charge in [-0.15, -0.1) is 0 Å². The Kier molecular flexibility index (Phi) is 2.17. The Morgan fingerprint density at radius 2 is 2.27 bits per heavy atom. The van der Waals surface area contributed by atoms with E-state index in [1.165, 1.54) is 12.1 Å². The highest BCUT2D eigenvalue weighted by Crippen LogP contribution is 2.49. The lowest BCUT2D eigenvalue weighted by atomic mass is 9.95. The van der Waals surface area contributed by atoms with Crippen molar-refractivity contribution in [2.75, 3.05) is 0 Å². The Balaban J connectivity index is 2.38. The summed E-state index contributed by atoms with van der Waals surface area (Å²) in [6, 6.07) is 5.87. The predicted octanol–water partition coefficient (Wildman–Crippen LogP) is 2.69. The van der Waals surface area contributed by atoms with Gasteiger partial charge in [0, 0.05) is 4.91 Å². The van der Waals surface area contributed by atoms with Crippen LogP contribution in [-0.4, -0.2) is 5.91 Å². The highest BCUT2D eigenvalue weighted by atomic mass is 19.1. The van der Waals surface area contributed by atoms with E-state index in [0.717, 1.165) is 0 Å². The van der Waals surface area contributed by atoms with E-state index in [1.54, 1.807) is 12.1 Å². The summed E-state index contributed by atoms with van der Waals surface area (Å²) in [4.78, 5) is 14.0. The molecule has 1 aliphatic carbocycles. The quantitative estimate of drug-likeness (QED) is 0.415. The SMILES string of the molecule is [N-]=[N+]=NC(=O)C1(c2cccc(F)c2)CC1. The molecule has 0 spiro atoms. The van der Waals surface area contributed by atoms with Crippen molar-refractivity contribution in [2.45, 2.75) is 18.3 Å². The van der Waals surface area contributed by atoms with Gasteiger partial charge < -0.3 is 0 Å². The molecule has 1 aromatic carbocycles. The van der Waals surface area contributed by atoms with Crippen LogP contribution in [0.2, 0.25) is 0 Å². The molecule has 1 fully saturated rings. The summed E-state index contributed by atoms with van der Waals surface area (Å²) in [6.07, 6.45) is 1.24. The molecule has 15 heavy (non-hydrogen) atoms. The lowest BCUT2D eigenvalue weighted by molar-refractivity contribution is -0.120. The lowest BCUT2D eigenvalue weighted by Gasteiger charge is -2.10. The number of amides is 1. The first-order valence-corrected chi connectivity index (χ1v) is 4.55. The molecule has 1 aliphatic rings. The van der Waals surface area contributed by atoms with Crippen LogP contribution in [0.5, 0.6) is 0 Å². The maximum absolute atomic E-state index is 13.0. The molecule has 2 rings (SSSR count). The maximum Gasteiger partial charge on any atom is 0.229 e. The minimum absolute atomic E-state index is 0.382. The van der Waals surface area contributed by atoms with Crippen molar-refractivity contribution in [3.05, 3.63) is 46.1 Å². The van der Waals surface area contributed by atoms with Gasteiger partial charge in [0.25, 0.3) is 0 Å². The smallest absolute Gasteiger partial charge is 0.229 e. The molecule has 0 aliphatic heterocycles. The molecule has 0 bridgehead atoms. The number of hydrogen-bond acceptors (Lipinski definition) is 1. The summed E-state index contributed by atoms with van der Waals surface area (Å²) in [5.74, 6) is -0.900. The highest BCUT2D eigenvalue weighted by Gasteiger charge is 2.50. The van der Waals surface area contributed by atoms with Gasteiger partial charge in [0.15, 0.2) is 0 Å². The van der Waals surface area contributed by atoms with Gasteiger partial charge in [0.05, 0.1) is 5.41 Å². The Morgan fingerprint density at radius 3 is 2.80 bits per heavy atom. The first kappa shape index (κ1) is 9.68. The molecule has 0 aromatic heterocycles. The molecule has 0 saturated heterocycles. The number of halogens is 1. The third-order valence-electron chi connectivity index (χ3n) is 2.67. The van der Waals surface area contributed by atoms with Gasteiger partial charge in [-0.1, -0.05) is 12.1 Å². The number of hydrogen-bond donors (Lipinski definition) is 0. The average Bonchev–Trinajstić information content (AvgIpc) is 2.99. The largest absolute Gasteiger partial charge is 0.292 e. The second kappa shape index (κ2) is 3.37. The Bertz CT molecular complexity index is 461. The molecule has 5 heteroatoms. The van der Waals surface area contributed by atoms with Gasteiger partial charge in [-0.25, -0.2) is 4.39 Å². The van der Waals surface area contributed by atoms with Gasteiger partial charge in [0.2, 0.25) is 5.91 Å². The number of benzene rings is 1. The Hall–Kier alpha value is -1.87. The standard InChI is InChI=1S/C10H8FN3O/c11-8-3-1-2-7(6-8)10(4-5-10)9(15)13-14-12/h1-3,6H,4-5H2. The summed E-state index contributed by atoms with van der Waals surface area (Å²) in [5, 5.41) is 3.08. The molecule has 0 unspecified atom stereocenters. The van der Waals surface area contributed by atoms with E-state index >= 15 is 0 Å². The van der Waals surface area contributed by atoms with Crippen LogP contribution in [0.3, 0.4) is 0 Å². The van der Waals surface area contributed by atoms with Crippen molar-refractivity contribution in [3.8, 4) is 0 Å². The fourth-order valence-electron chi connectivity index (χ4n) is 1.67. The van der Waals surface area contributed by atoms with Gasteiger partial charge >= 0.3 is 0 Å². The summed E-state index contributed by atoms with van der Waals surface area (Å²) in [7, 11) is 0. The van der Waals surface area contributed by atoms with E-state index in [4.69, 9.17) is 5.53 Å². The number of rotatable bonds is 2. The first-order valence-electron chi connectivity index (χ1n) is 4.55. The highest BCUT2D eigenvalue weighted by molar-refractivity contribution is 5.91. The first-order chi connectivity index (χ1) is 7.19. The fourth-order valence-corrected chi connectivity index (χ4v) is 1.67. The zero-order chi connectivity index (χ0) is 10.9. The number of carbonyl (C=O) groups is 1. The molecule has 0 heterocycles. The molecule has 0 radical (unpaired) electrons. The average molecular weight is 205 g/mol. The molecular weight excluding hydrogens is 197 g/mol. The Morgan fingerprint density at radius 1 is 1.53 bits per heavy atom. The van der Waals surface area contributed by atoms with Crippen molar-refractivity contribution >= 4 is 5.91 Å². The van der Waals surface area contributed by atoms with Crippen LogP contribution in [0, 0.1) is 5.82 Å². The molecule has 76 valence electrons. The zero-order valence-electron chi connectivity index (χ0n) is 7.85. The lowest BCUT2D eigenvalue weighted by Crippen LogP contribution is -2.17. The monoisotopic (exact) mass is 205 g/mol. The number of azide groups is 1. The zero-order valence-corrected chi connectivity index (χ0v) is 7.85. The Labute approximate surface area is 85.3 Å². The summed E-state index contributed by atoms with van der Waals surface area (Å²) < 4.78 is 13.0. The van der Waals surface area contributed by atoms with E-state index in [1.807, 2.05) is 0 Å². The molecule has 4 nitrogen and oxygen atoms in total. The topological polar surface area (TPSA) is 65.8 Å². The van der Waals surface area contributed by atoms with Crippen LogP contribution in [0.15, 0.2) is 29.4 Å². The van der Waals surface area contributed by atoms with Gasteiger partial charge in [-0.2, -0.15) is 0 Å². The molecule has 1 saturated carbocycles. The summed E-state index contributed by atoms with van der Waals surface area (Å²) >= 11 is 0. The van der Waals surface area contributed by atoms with Crippen LogP contribution in [0.1, 0.15) is 18.4 Å². The molecule has 1 aromatic rings. The number of nitrogens with zero attached hydrogens (tertiary/aromatic N) is 3. The van der Waals surface area contributed by atoms with Crippen molar-refractivity contribution < 1.29 is 9.18 Å². The fraction of sp³-hybridized carbons (Fsp3) is 0.300. The summed E-state index contributed by atoms with van der Waals surface area (Å²) in [5.41, 5.74) is 8.03. The summed E-state index contributed by atoms with van der Waals surface area (Å²) in [6.45, 7) is 0. The minimum atomic E-state index is -0.756. The second-order valence-corrected chi connectivity index (χ2v) is 3.59. The van der Waals surface area contributed by atoms with Gasteiger partial charge in [-0.05, 0) is 41.2 Å². The van der Waals surface area contributed by atoms with Crippen molar-refractivity contribution in [2.24, 2.45) is 5.11 Å². The molecular formula is C10H8FN3O. The molecule has 1 amide bonds. The third-order valence-corrected chi connectivity index (χ3v) is 2.67. The van der Waals surface area contributed by atoms with Gasteiger partial charge in [-0.3, -0.25) is 4.79 Å². The van der Waals surface area contributed by atoms with Crippen LogP contribution >= 0.6 is 0 Å². The van der Waals surface area contributed by atoms with E-state index in [2.05, 4.69) is 10.0 Å². The van der Waals surface area contributed by atoms with E-state index in [9.17, 15) is 9.18 Å². The van der Waals surface area contributed by atoms with E-state index in [-0.39, 0.29) is 5.82 Å². The van der Waals surface area contributed by atoms with Crippen LogP contribution in [0.4, 0.5) is 4.39 Å². The van der Waals surface area contributed by atoms with E-state index < -0.39 is 11.3 Å². The van der Waals surface area contributed by atoms with Crippen molar-refractivity contribution in [3.63, 3.8) is 0 Å². The predicted molar refractivity (Wildman–Crippen MR) is 51.5 cm³/mol. The second-order valence-electron chi connectivity index (χ2n) is 3.59. The maximum atomic E-state index is 13.0. The normalized spacial score (nSPS) is 16.6. The van der Waals surface area contributed by atoms with E-state index in [0.29, 0.717) is 18.4 Å². The van der Waals surface area contributed by atoms with Crippen LogP contribution < -0.4 is 0 Å². The number of carbonyl (C=O) groups excluding carboxylic acids is 1. The van der Waals surface area contributed by atoms with Crippen LogP contribution in [-0.2, 0) is 10.2 Å². The molecule has 0 atom stereocenters. The molecule has 0 N–H and O–H groups in total.